The molecule has 0 aromatic rings. The van der Waals surface area contributed by atoms with Crippen molar-refractivity contribution in [1.82, 2.24) is 0 Å². The fourth-order valence-corrected chi connectivity index (χ4v) is 7.14. The second kappa shape index (κ2) is 5.67. The summed E-state index contributed by atoms with van der Waals surface area (Å²) in [5.74, 6) is -2.82. The molecule has 0 amide bonds. The average Bonchev–Trinajstić information content (AvgIpc) is 3.02. The Balaban J connectivity index is 1.40. The summed E-state index contributed by atoms with van der Waals surface area (Å²) in [5.41, 5.74) is -0.656. The van der Waals surface area contributed by atoms with E-state index in [2.05, 4.69) is 0 Å². The van der Waals surface area contributed by atoms with Gasteiger partial charge in [0.15, 0.2) is 12.1 Å². The Morgan fingerprint density at radius 3 is 2.15 bits per heavy atom. The van der Waals surface area contributed by atoms with Crippen LogP contribution in [0.4, 0.5) is 8.78 Å². The number of alkyl halides is 2. The Labute approximate surface area is 155 Å². The second-order valence-electron chi connectivity index (χ2n) is 10.3. The lowest BCUT2D eigenvalue weighted by Gasteiger charge is -2.43. The Kier molecular flexibility index (Phi) is 3.90. The van der Waals surface area contributed by atoms with Gasteiger partial charge in [-0.05, 0) is 13.8 Å². The maximum Gasteiger partial charge on any atom is 0.253 e. The molecule has 26 heavy (non-hydrogen) atoms. The third-order valence-electron chi connectivity index (χ3n) is 8.20. The summed E-state index contributed by atoms with van der Waals surface area (Å²) >= 11 is 0. The van der Waals surface area contributed by atoms with E-state index < -0.39 is 35.4 Å². The molecule has 5 fully saturated rings. The molecule has 0 radical (unpaired) electrons. The topological polar surface area (TPSA) is 27.7 Å². The Bertz CT molecular complexity index is 563. The molecule has 146 valence electrons. The average molecular weight is 368 g/mol. The van der Waals surface area contributed by atoms with Gasteiger partial charge in [0.25, 0.3) is 5.92 Å². The van der Waals surface area contributed by atoms with Crippen molar-refractivity contribution in [1.29, 1.82) is 0 Å². The highest BCUT2D eigenvalue weighted by molar-refractivity contribution is 6.62. The van der Waals surface area contributed by atoms with E-state index in [1.54, 1.807) is 0 Å². The van der Waals surface area contributed by atoms with Crippen molar-refractivity contribution in [3.8, 4) is 0 Å². The first kappa shape index (κ1) is 17.9. The standard InChI is InChI=1S/C20H31BF2O3/c1-18(2)25-16-17(26-18)24-15-14(20(22,23)11-19(15,16)3)10-21-12-6-4-7-13(21)9-5-8-12/h12-17H,4-11H2,1-3H3/t12?,13?,14?,15-,16+,17-,19+/m1/s1. The van der Waals surface area contributed by atoms with Crippen molar-refractivity contribution in [3.05, 3.63) is 0 Å². The van der Waals surface area contributed by atoms with Crippen LogP contribution in [0.3, 0.4) is 0 Å². The highest BCUT2D eigenvalue weighted by Crippen LogP contribution is 2.64. The van der Waals surface area contributed by atoms with Crippen LogP contribution >= 0.6 is 0 Å². The van der Waals surface area contributed by atoms with Gasteiger partial charge in [-0.2, -0.15) is 0 Å². The summed E-state index contributed by atoms with van der Waals surface area (Å²) in [7, 11) is 0. The van der Waals surface area contributed by atoms with E-state index in [4.69, 9.17) is 14.2 Å². The molecule has 5 aliphatic rings. The molecule has 3 nitrogen and oxygen atoms in total. The number of fused-ring (bicyclic) bond motifs is 5. The molecule has 1 saturated carbocycles. The van der Waals surface area contributed by atoms with Crippen LogP contribution in [0.1, 0.15) is 65.7 Å². The quantitative estimate of drug-likeness (QED) is 0.633. The molecular formula is C20H31BF2O3. The van der Waals surface area contributed by atoms with Gasteiger partial charge in [-0.15, -0.1) is 0 Å². The van der Waals surface area contributed by atoms with E-state index in [1.807, 2.05) is 20.8 Å². The molecule has 0 N–H and O–H groups in total. The lowest BCUT2D eigenvalue weighted by Crippen LogP contribution is -2.42. The molecule has 0 spiro atoms. The minimum Gasteiger partial charge on any atom is -0.345 e. The van der Waals surface area contributed by atoms with Gasteiger partial charge < -0.3 is 14.2 Å². The molecule has 5 atom stereocenters. The molecule has 4 aliphatic heterocycles. The fraction of sp³-hybridized carbons (Fsp3) is 1.00. The Morgan fingerprint density at radius 2 is 1.54 bits per heavy atom. The van der Waals surface area contributed by atoms with E-state index in [9.17, 15) is 0 Å². The van der Waals surface area contributed by atoms with E-state index in [-0.39, 0.29) is 12.5 Å². The molecule has 0 aromatic heterocycles. The van der Waals surface area contributed by atoms with Crippen LogP contribution in [0, 0.1) is 11.3 Å². The molecular weight excluding hydrogens is 337 g/mol. The summed E-state index contributed by atoms with van der Waals surface area (Å²) in [6.07, 6.45) is 6.63. The summed E-state index contributed by atoms with van der Waals surface area (Å²) in [4.78, 5) is 0. The van der Waals surface area contributed by atoms with Crippen LogP contribution in [0.15, 0.2) is 0 Å². The zero-order valence-electron chi connectivity index (χ0n) is 16.2. The van der Waals surface area contributed by atoms with Crippen LogP contribution in [-0.2, 0) is 14.2 Å². The molecule has 5 rings (SSSR count). The van der Waals surface area contributed by atoms with Crippen LogP contribution in [0.25, 0.3) is 0 Å². The SMILES string of the molecule is CC1(C)O[C@H]2O[C@@H]3C(CB4C5CCCC4CCC5)C(F)(F)C[C@]3(C)[C@H]2O1. The number of hydrogen-bond acceptors (Lipinski definition) is 3. The largest absolute Gasteiger partial charge is 0.345 e. The van der Waals surface area contributed by atoms with Gasteiger partial charge in [0.2, 0.25) is 0 Å². The van der Waals surface area contributed by atoms with Crippen molar-refractivity contribution in [2.75, 3.05) is 0 Å². The number of rotatable bonds is 2. The highest BCUT2D eigenvalue weighted by Gasteiger charge is 2.72. The lowest BCUT2D eigenvalue weighted by molar-refractivity contribution is -0.219. The van der Waals surface area contributed by atoms with E-state index in [1.165, 1.54) is 38.5 Å². The number of halogens is 2. The normalized spacial score (nSPS) is 51.3. The van der Waals surface area contributed by atoms with Crippen molar-refractivity contribution in [3.63, 3.8) is 0 Å². The Morgan fingerprint density at radius 1 is 0.923 bits per heavy atom. The zero-order valence-corrected chi connectivity index (χ0v) is 16.2. The van der Waals surface area contributed by atoms with Gasteiger partial charge in [0.1, 0.15) is 12.8 Å². The van der Waals surface area contributed by atoms with Crippen LogP contribution in [0.5, 0.6) is 0 Å². The van der Waals surface area contributed by atoms with E-state index in [0.717, 1.165) is 0 Å². The van der Waals surface area contributed by atoms with Gasteiger partial charge >= 0.3 is 0 Å². The van der Waals surface area contributed by atoms with Crippen molar-refractivity contribution >= 4 is 6.71 Å². The minimum atomic E-state index is -2.67. The summed E-state index contributed by atoms with van der Waals surface area (Å²) in [6, 6.07) is 0. The van der Waals surface area contributed by atoms with Crippen LogP contribution in [-0.4, -0.2) is 36.9 Å². The smallest absolute Gasteiger partial charge is 0.253 e. The second-order valence-corrected chi connectivity index (χ2v) is 10.3. The maximum atomic E-state index is 15.2. The zero-order chi connectivity index (χ0) is 18.3. The maximum absolute atomic E-state index is 15.2. The predicted molar refractivity (Wildman–Crippen MR) is 95.6 cm³/mol. The van der Waals surface area contributed by atoms with E-state index >= 15 is 8.78 Å². The number of ether oxygens (including phenoxy) is 3. The molecule has 4 heterocycles. The van der Waals surface area contributed by atoms with Crippen LogP contribution in [0.2, 0.25) is 18.0 Å². The molecule has 1 unspecified atom stereocenters. The first-order valence-electron chi connectivity index (χ1n) is 10.6. The number of hydrogen-bond donors (Lipinski definition) is 0. The summed E-state index contributed by atoms with van der Waals surface area (Å²) in [5, 5.41) is 0. The van der Waals surface area contributed by atoms with Gasteiger partial charge in [0, 0.05) is 17.8 Å². The molecule has 0 aromatic carbocycles. The molecule has 6 heteroatoms. The fourth-order valence-electron chi connectivity index (χ4n) is 7.14. The minimum absolute atomic E-state index is 0.141. The van der Waals surface area contributed by atoms with Gasteiger partial charge in [0.05, 0.1) is 6.10 Å². The van der Waals surface area contributed by atoms with Gasteiger partial charge in [-0.1, -0.05) is 63.4 Å². The molecule has 4 saturated heterocycles. The van der Waals surface area contributed by atoms with E-state index in [0.29, 0.717) is 24.7 Å². The third kappa shape index (κ3) is 2.54. The molecule has 2 bridgehead atoms. The molecule has 1 aliphatic carbocycles. The highest BCUT2D eigenvalue weighted by atomic mass is 19.3. The summed E-state index contributed by atoms with van der Waals surface area (Å²) < 4.78 is 48.4. The van der Waals surface area contributed by atoms with Crippen molar-refractivity contribution < 1.29 is 23.0 Å². The first-order valence-corrected chi connectivity index (χ1v) is 10.6. The van der Waals surface area contributed by atoms with Gasteiger partial charge in [-0.25, -0.2) is 8.78 Å². The van der Waals surface area contributed by atoms with Crippen molar-refractivity contribution in [2.24, 2.45) is 11.3 Å². The Hall–Kier alpha value is -0.195. The first-order chi connectivity index (χ1) is 12.2. The van der Waals surface area contributed by atoms with Gasteiger partial charge in [-0.3, -0.25) is 0 Å². The third-order valence-corrected chi connectivity index (χ3v) is 8.20. The monoisotopic (exact) mass is 368 g/mol. The van der Waals surface area contributed by atoms with Crippen molar-refractivity contribution in [2.45, 2.75) is 114 Å². The lowest BCUT2D eigenvalue weighted by atomic mass is 9.25. The van der Waals surface area contributed by atoms with Crippen LogP contribution < -0.4 is 0 Å². The predicted octanol–water partition coefficient (Wildman–Crippen LogP) is 5.13. The summed E-state index contributed by atoms with van der Waals surface area (Å²) in [6.45, 7) is 6.06.